The summed E-state index contributed by atoms with van der Waals surface area (Å²) in [7, 11) is -2.92. The molecule has 0 saturated heterocycles. The van der Waals surface area contributed by atoms with Gasteiger partial charge in [0.25, 0.3) is 0 Å². The number of rotatable bonds is 10. The average molecular weight is 409 g/mol. The lowest BCUT2D eigenvalue weighted by molar-refractivity contribution is 0.0845. The van der Waals surface area contributed by atoms with Crippen LogP contribution in [0.15, 0.2) is 65.2 Å². The molecule has 0 radical (unpaired) electrons. The molecule has 0 fully saturated rings. The van der Waals surface area contributed by atoms with Crippen LogP contribution in [0.5, 0.6) is 0 Å². The molecule has 0 aliphatic heterocycles. The second-order valence-corrected chi connectivity index (χ2v) is 9.25. The Bertz CT molecular complexity index is 675. The van der Waals surface area contributed by atoms with Crippen molar-refractivity contribution in [1.29, 1.82) is 0 Å². The first-order chi connectivity index (χ1) is 12.6. The monoisotopic (exact) mass is 408 g/mol. The van der Waals surface area contributed by atoms with E-state index in [2.05, 4.69) is 17.8 Å². The van der Waals surface area contributed by atoms with Crippen molar-refractivity contribution in [2.24, 2.45) is 0 Å². The molecule has 0 aromatic heterocycles. The van der Waals surface area contributed by atoms with Crippen LogP contribution in [0.4, 0.5) is 0 Å². The van der Waals surface area contributed by atoms with Gasteiger partial charge in [-0.1, -0.05) is 53.7 Å². The number of halogens is 1. The summed E-state index contributed by atoms with van der Waals surface area (Å²) in [5, 5.41) is 0.723. The molecule has 0 amide bonds. The molecule has 0 aliphatic carbocycles. The van der Waals surface area contributed by atoms with Gasteiger partial charge in [0.15, 0.2) is 0 Å². The van der Waals surface area contributed by atoms with Crippen LogP contribution in [0.1, 0.15) is 26.3 Å². The smallest absolute Gasteiger partial charge is 0.371 e. The van der Waals surface area contributed by atoms with Crippen molar-refractivity contribution in [3.05, 3.63) is 70.9 Å². The van der Waals surface area contributed by atoms with E-state index in [1.165, 1.54) is 0 Å². The van der Waals surface area contributed by atoms with Crippen LogP contribution in [-0.4, -0.2) is 28.6 Å². The largest absolute Gasteiger partial charge is 0.530 e. The summed E-state index contributed by atoms with van der Waals surface area (Å²) < 4.78 is 18.0. The zero-order chi connectivity index (χ0) is 18.8. The van der Waals surface area contributed by atoms with Crippen molar-refractivity contribution in [2.75, 3.05) is 19.8 Å². The van der Waals surface area contributed by atoms with E-state index in [9.17, 15) is 0 Å². The standard InChI is InChI=1S/C20H25ClO3SSi/c1-4-22-26(23-5-2,24-6-3)16-20(17-10-8-7-9-11-17)25-19-14-12-18(21)13-15-19/h7-16H,4-6H2,1-3H3. The first kappa shape index (κ1) is 21.2. The predicted molar refractivity (Wildman–Crippen MR) is 112 cm³/mol. The molecular formula is C20H25ClO3SSi. The Kier molecular flexibility index (Phi) is 8.91. The fourth-order valence-corrected chi connectivity index (χ4v) is 6.19. The van der Waals surface area contributed by atoms with Crippen molar-refractivity contribution in [3.63, 3.8) is 0 Å². The highest BCUT2D eigenvalue weighted by molar-refractivity contribution is 8.08. The van der Waals surface area contributed by atoms with E-state index in [1.807, 2.05) is 63.2 Å². The van der Waals surface area contributed by atoms with Gasteiger partial charge in [-0.3, -0.25) is 0 Å². The third kappa shape index (κ3) is 6.27. The lowest BCUT2D eigenvalue weighted by Gasteiger charge is -2.26. The fourth-order valence-electron chi connectivity index (χ4n) is 2.42. The van der Waals surface area contributed by atoms with Crippen LogP contribution in [0.2, 0.25) is 5.02 Å². The van der Waals surface area contributed by atoms with Gasteiger partial charge < -0.3 is 13.3 Å². The third-order valence-electron chi connectivity index (χ3n) is 3.44. The maximum Gasteiger partial charge on any atom is 0.530 e. The molecule has 2 rings (SSSR count). The molecule has 2 aromatic carbocycles. The minimum absolute atomic E-state index is 0.538. The lowest BCUT2D eigenvalue weighted by Crippen LogP contribution is -2.44. The normalized spacial score (nSPS) is 12.4. The highest BCUT2D eigenvalue weighted by Crippen LogP contribution is 2.36. The first-order valence-electron chi connectivity index (χ1n) is 8.76. The zero-order valence-electron chi connectivity index (χ0n) is 15.4. The van der Waals surface area contributed by atoms with E-state index in [0.29, 0.717) is 19.8 Å². The van der Waals surface area contributed by atoms with E-state index in [4.69, 9.17) is 24.9 Å². The maximum absolute atomic E-state index is 6.02. The molecule has 0 unspecified atom stereocenters. The Balaban J connectivity index is 2.45. The molecule has 0 aliphatic rings. The Labute approximate surface area is 166 Å². The molecule has 0 spiro atoms. The zero-order valence-corrected chi connectivity index (χ0v) is 18.0. The topological polar surface area (TPSA) is 27.7 Å². The van der Waals surface area contributed by atoms with Crippen LogP contribution in [0.3, 0.4) is 0 Å². The van der Waals surface area contributed by atoms with E-state index in [0.717, 1.165) is 20.4 Å². The molecule has 0 N–H and O–H groups in total. The molecule has 0 saturated carbocycles. The highest BCUT2D eigenvalue weighted by atomic mass is 35.5. The third-order valence-corrected chi connectivity index (χ3v) is 7.70. The summed E-state index contributed by atoms with van der Waals surface area (Å²) in [5.41, 5.74) is 3.15. The quantitative estimate of drug-likeness (QED) is 0.352. The Morgan fingerprint density at radius 2 is 1.42 bits per heavy atom. The Morgan fingerprint density at radius 3 is 1.92 bits per heavy atom. The second-order valence-electron chi connectivity index (χ2n) is 5.33. The van der Waals surface area contributed by atoms with Gasteiger partial charge in [-0.25, -0.2) is 0 Å². The van der Waals surface area contributed by atoms with Gasteiger partial charge >= 0.3 is 8.80 Å². The Morgan fingerprint density at radius 1 is 0.885 bits per heavy atom. The average Bonchev–Trinajstić information content (AvgIpc) is 2.64. The number of hydrogen-bond acceptors (Lipinski definition) is 4. The summed E-state index contributed by atoms with van der Waals surface area (Å²) in [4.78, 5) is 2.15. The summed E-state index contributed by atoms with van der Waals surface area (Å²) in [6, 6.07) is 18.0. The molecule has 0 atom stereocenters. The van der Waals surface area contributed by atoms with Crippen molar-refractivity contribution in [3.8, 4) is 0 Å². The molecule has 6 heteroatoms. The van der Waals surface area contributed by atoms with Crippen molar-refractivity contribution >= 4 is 37.1 Å². The van der Waals surface area contributed by atoms with E-state index < -0.39 is 8.80 Å². The van der Waals surface area contributed by atoms with Crippen LogP contribution >= 0.6 is 23.4 Å². The van der Waals surface area contributed by atoms with Crippen LogP contribution in [0.25, 0.3) is 4.91 Å². The minimum atomic E-state index is -2.92. The molecule has 3 nitrogen and oxygen atoms in total. The molecular weight excluding hydrogens is 384 g/mol. The summed E-state index contributed by atoms with van der Waals surface area (Å²) in [6.07, 6.45) is 0. The lowest BCUT2D eigenvalue weighted by atomic mass is 10.2. The number of thioether (sulfide) groups is 1. The van der Waals surface area contributed by atoms with Crippen molar-refractivity contribution in [2.45, 2.75) is 25.7 Å². The van der Waals surface area contributed by atoms with Gasteiger partial charge in [0, 0.05) is 40.3 Å². The first-order valence-corrected chi connectivity index (χ1v) is 11.8. The fraction of sp³-hybridized carbons (Fsp3) is 0.300. The van der Waals surface area contributed by atoms with Crippen LogP contribution in [0, 0.1) is 0 Å². The summed E-state index contributed by atoms with van der Waals surface area (Å²) in [6.45, 7) is 7.50. The molecule has 26 heavy (non-hydrogen) atoms. The summed E-state index contributed by atoms with van der Waals surface area (Å²) in [5.74, 6) is 0. The summed E-state index contributed by atoms with van der Waals surface area (Å²) >= 11 is 7.67. The maximum atomic E-state index is 6.02. The molecule has 0 bridgehead atoms. The SMILES string of the molecule is CCO[Si](C=C(Sc1ccc(Cl)cc1)c1ccccc1)(OCC)OCC. The van der Waals surface area contributed by atoms with Gasteiger partial charge in [0.1, 0.15) is 0 Å². The molecule has 140 valence electrons. The number of benzene rings is 2. The molecule has 0 heterocycles. The van der Waals surface area contributed by atoms with Gasteiger partial charge in [0.05, 0.1) is 0 Å². The van der Waals surface area contributed by atoms with Gasteiger partial charge in [-0.2, -0.15) is 0 Å². The van der Waals surface area contributed by atoms with E-state index >= 15 is 0 Å². The molecule has 2 aromatic rings. The van der Waals surface area contributed by atoms with Crippen LogP contribution in [-0.2, 0) is 13.3 Å². The highest BCUT2D eigenvalue weighted by Gasteiger charge is 2.39. The minimum Gasteiger partial charge on any atom is -0.371 e. The van der Waals surface area contributed by atoms with Gasteiger partial charge in [0.2, 0.25) is 0 Å². The van der Waals surface area contributed by atoms with Crippen molar-refractivity contribution in [1.82, 2.24) is 0 Å². The van der Waals surface area contributed by atoms with E-state index in [-0.39, 0.29) is 0 Å². The Hall–Kier alpha value is -1.08. The van der Waals surface area contributed by atoms with Crippen molar-refractivity contribution < 1.29 is 13.3 Å². The van der Waals surface area contributed by atoms with E-state index in [1.54, 1.807) is 11.8 Å². The number of hydrogen-bond donors (Lipinski definition) is 0. The van der Waals surface area contributed by atoms with Crippen LogP contribution < -0.4 is 0 Å². The second kappa shape index (κ2) is 10.9. The van der Waals surface area contributed by atoms with Gasteiger partial charge in [-0.05, 0) is 50.6 Å². The predicted octanol–water partition coefficient (Wildman–Crippen LogP) is 6.06. The van der Waals surface area contributed by atoms with Gasteiger partial charge in [-0.15, -0.1) is 0 Å².